The lowest BCUT2D eigenvalue weighted by molar-refractivity contribution is 0.376. The van der Waals surface area contributed by atoms with Gasteiger partial charge in [0.2, 0.25) is 0 Å². The van der Waals surface area contributed by atoms with E-state index in [9.17, 15) is 0 Å². The Morgan fingerprint density at radius 1 is 0.810 bits per heavy atom. The number of hydrogen-bond acceptors (Lipinski definition) is 4. The molecule has 0 atom stereocenters. The molecule has 0 bridgehead atoms. The molecule has 0 aliphatic carbocycles. The highest BCUT2D eigenvalue weighted by Gasteiger charge is 2.18. The average molecular weight is 284 g/mol. The molecular weight excluding hydrogens is 268 g/mol. The highest BCUT2D eigenvalue weighted by Crippen LogP contribution is 2.43. The molecule has 2 aromatic carbocycles. The Bertz CT molecular complexity index is 715. The number of rotatable bonds is 4. The Balaban J connectivity index is 2.24. The maximum atomic E-state index is 5.91. The Morgan fingerprint density at radius 3 is 2.05 bits per heavy atom. The minimum absolute atomic E-state index is 0.644. The number of methoxy groups -OCH3 is 3. The van der Waals surface area contributed by atoms with Crippen LogP contribution in [-0.2, 0) is 0 Å². The van der Waals surface area contributed by atoms with Gasteiger partial charge in [0, 0.05) is 17.5 Å². The van der Waals surface area contributed by atoms with Crippen LogP contribution >= 0.6 is 0 Å². The fourth-order valence-corrected chi connectivity index (χ4v) is 2.35. The first kappa shape index (κ1) is 13.4. The Kier molecular flexibility index (Phi) is 3.44. The van der Waals surface area contributed by atoms with Crippen LogP contribution in [0, 0.1) is 0 Å². The van der Waals surface area contributed by atoms with Crippen molar-refractivity contribution >= 4 is 11.0 Å². The monoisotopic (exact) mass is 284 g/mol. The lowest BCUT2D eigenvalue weighted by atomic mass is 10.1. The number of benzene rings is 2. The molecule has 0 aliphatic rings. The van der Waals surface area contributed by atoms with Gasteiger partial charge in [0.25, 0.3) is 0 Å². The molecule has 1 aromatic heterocycles. The highest BCUT2D eigenvalue weighted by atomic mass is 16.5. The number of fused-ring (bicyclic) bond motifs is 1. The predicted molar refractivity (Wildman–Crippen MR) is 81.3 cm³/mol. The largest absolute Gasteiger partial charge is 0.496 e. The van der Waals surface area contributed by atoms with Crippen molar-refractivity contribution in [1.82, 2.24) is 0 Å². The summed E-state index contributed by atoms with van der Waals surface area (Å²) in [5.74, 6) is 2.66. The summed E-state index contributed by atoms with van der Waals surface area (Å²) in [6.45, 7) is 0. The third-order valence-corrected chi connectivity index (χ3v) is 3.39. The van der Waals surface area contributed by atoms with Crippen LogP contribution in [-0.4, -0.2) is 21.3 Å². The third kappa shape index (κ3) is 2.29. The molecule has 3 aromatic rings. The second kappa shape index (κ2) is 5.40. The molecular formula is C17H16O4. The van der Waals surface area contributed by atoms with Crippen LogP contribution < -0.4 is 14.2 Å². The fourth-order valence-electron chi connectivity index (χ4n) is 2.35. The molecule has 3 rings (SSSR count). The van der Waals surface area contributed by atoms with E-state index in [-0.39, 0.29) is 0 Å². The molecule has 0 fully saturated rings. The lowest BCUT2D eigenvalue weighted by Gasteiger charge is -2.13. The second-order valence-electron chi connectivity index (χ2n) is 4.56. The maximum Gasteiger partial charge on any atom is 0.142 e. The number of furan rings is 1. The van der Waals surface area contributed by atoms with Gasteiger partial charge in [-0.05, 0) is 12.1 Å². The smallest absolute Gasteiger partial charge is 0.142 e. The van der Waals surface area contributed by atoms with Gasteiger partial charge >= 0.3 is 0 Å². The molecule has 1 heterocycles. The van der Waals surface area contributed by atoms with E-state index in [4.69, 9.17) is 18.6 Å². The maximum absolute atomic E-state index is 5.91. The zero-order valence-electron chi connectivity index (χ0n) is 12.2. The predicted octanol–water partition coefficient (Wildman–Crippen LogP) is 4.13. The minimum Gasteiger partial charge on any atom is -0.496 e. The van der Waals surface area contributed by atoms with Gasteiger partial charge < -0.3 is 18.6 Å². The van der Waals surface area contributed by atoms with Crippen LogP contribution in [0.2, 0.25) is 0 Å². The van der Waals surface area contributed by atoms with Crippen LogP contribution in [0.1, 0.15) is 0 Å². The van der Waals surface area contributed by atoms with Crippen molar-refractivity contribution in [3.05, 3.63) is 42.5 Å². The van der Waals surface area contributed by atoms with Crippen LogP contribution in [0.3, 0.4) is 0 Å². The van der Waals surface area contributed by atoms with Gasteiger partial charge in [-0.15, -0.1) is 0 Å². The first-order valence-electron chi connectivity index (χ1n) is 6.55. The van der Waals surface area contributed by atoms with E-state index in [2.05, 4.69) is 0 Å². The number of ether oxygens (including phenoxy) is 3. The molecule has 0 amide bonds. The zero-order valence-corrected chi connectivity index (χ0v) is 12.2. The number of para-hydroxylation sites is 1. The van der Waals surface area contributed by atoms with Crippen LogP contribution in [0.15, 0.2) is 46.9 Å². The van der Waals surface area contributed by atoms with Crippen molar-refractivity contribution < 1.29 is 18.6 Å². The van der Waals surface area contributed by atoms with Crippen LogP contribution in [0.4, 0.5) is 0 Å². The minimum atomic E-state index is 0.644. The quantitative estimate of drug-likeness (QED) is 0.722. The average Bonchev–Trinajstić information content (AvgIpc) is 2.96. The molecule has 21 heavy (non-hydrogen) atoms. The van der Waals surface area contributed by atoms with Crippen molar-refractivity contribution in [3.8, 4) is 28.6 Å². The van der Waals surface area contributed by atoms with E-state index >= 15 is 0 Å². The molecule has 0 saturated heterocycles. The highest BCUT2D eigenvalue weighted by molar-refractivity contribution is 5.86. The van der Waals surface area contributed by atoms with Crippen LogP contribution in [0.25, 0.3) is 22.3 Å². The second-order valence-corrected chi connectivity index (χ2v) is 4.56. The summed E-state index contributed by atoms with van der Waals surface area (Å²) in [4.78, 5) is 0. The first-order valence-corrected chi connectivity index (χ1v) is 6.55. The molecule has 108 valence electrons. The van der Waals surface area contributed by atoms with Gasteiger partial charge in [0.15, 0.2) is 0 Å². The van der Waals surface area contributed by atoms with Gasteiger partial charge in [0.05, 0.1) is 21.3 Å². The molecule has 4 heteroatoms. The summed E-state index contributed by atoms with van der Waals surface area (Å²) in [7, 11) is 4.83. The van der Waals surface area contributed by atoms with E-state index in [1.54, 1.807) is 21.3 Å². The molecule has 4 nitrogen and oxygen atoms in total. The summed E-state index contributed by atoms with van der Waals surface area (Å²) in [6.07, 6.45) is 0. The van der Waals surface area contributed by atoms with Crippen LogP contribution in [0.5, 0.6) is 17.2 Å². The van der Waals surface area contributed by atoms with Crippen molar-refractivity contribution in [2.45, 2.75) is 0 Å². The van der Waals surface area contributed by atoms with E-state index in [1.807, 2.05) is 42.5 Å². The van der Waals surface area contributed by atoms with Crippen molar-refractivity contribution in [1.29, 1.82) is 0 Å². The van der Waals surface area contributed by atoms with Crippen molar-refractivity contribution in [2.24, 2.45) is 0 Å². The summed E-state index contributed by atoms with van der Waals surface area (Å²) in [6, 6.07) is 13.5. The SMILES string of the molecule is COc1cc(OC)c(-c2cc3ccccc3o2)c(OC)c1. The van der Waals surface area contributed by atoms with Crippen molar-refractivity contribution in [2.75, 3.05) is 21.3 Å². The topological polar surface area (TPSA) is 40.8 Å². The van der Waals surface area contributed by atoms with Gasteiger partial charge in [-0.25, -0.2) is 0 Å². The van der Waals surface area contributed by atoms with Gasteiger partial charge in [-0.2, -0.15) is 0 Å². The molecule has 0 spiro atoms. The van der Waals surface area contributed by atoms with E-state index in [0.717, 1.165) is 16.5 Å². The van der Waals surface area contributed by atoms with Gasteiger partial charge in [-0.3, -0.25) is 0 Å². The Labute approximate surface area is 122 Å². The zero-order chi connectivity index (χ0) is 14.8. The summed E-state index contributed by atoms with van der Waals surface area (Å²) >= 11 is 0. The van der Waals surface area contributed by atoms with E-state index in [1.165, 1.54) is 0 Å². The lowest BCUT2D eigenvalue weighted by Crippen LogP contribution is -1.94. The van der Waals surface area contributed by atoms with Gasteiger partial charge in [-0.1, -0.05) is 18.2 Å². The number of hydrogen-bond donors (Lipinski definition) is 0. The Morgan fingerprint density at radius 2 is 1.48 bits per heavy atom. The normalized spacial score (nSPS) is 10.6. The molecule has 0 radical (unpaired) electrons. The first-order chi connectivity index (χ1) is 10.3. The van der Waals surface area contributed by atoms with E-state index < -0.39 is 0 Å². The molecule has 0 aliphatic heterocycles. The van der Waals surface area contributed by atoms with Gasteiger partial charge in [0.1, 0.15) is 34.2 Å². The van der Waals surface area contributed by atoms with E-state index in [0.29, 0.717) is 23.0 Å². The summed E-state index contributed by atoms with van der Waals surface area (Å²) in [5, 5.41) is 1.03. The fraction of sp³-hybridized carbons (Fsp3) is 0.176. The Hall–Kier alpha value is -2.62. The molecule has 0 saturated carbocycles. The summed E-state index contributed by atoms with van der Waals surface area (Å²) in [5.41, 5.74) is 1.60. The van der Waals surface area contributed by atoms with Crippen molar-refractivity contribution in [3.63, 3.8) is 0 Å². The standard InChI is InChI=1S/C17H16O4/c1-18-12-9-14(19-2)17(15(10-12)20-3)16-8-11-6-4-5-7-13(11)21-16/h4-10H,1-3H3. The summed E-state index contributed by atoms with van der Waals surface area (Å²) < 4.78 is 22.1. The molecule has 0 N–H and O–H groups in total. The molecule has 0 unspecified atom stereocenters. The third-order valence-electron chi connectivity index (χ3n) is 3.39.